The van der Waals surface area contributed by atoms with Crippen LogP contribution in [-0.4, -0.2) is 57.2 Å². The second-order valence-corrected chi connectivity index (χ2v) is 7.35. The molecule has 6 nitrogen and oxygen atoms in total. The number of benzene rings is 1. The number of carbonyl (C=O) groups excluding carboxylic acids is 1. The zero-order valence-corrected chi connectivity index (χ0v) is 17.4. The van der Waals surface area contributed by atoms with Crippen molar-refractivity contribution in [1.82, 2.24) is 10.2 Å². The van der Waals surface area contributed by atoms with Crippen LogP contribution in [0.25, 0.3) is 0 Å². The lowest BCUT2D eigenvalue weighted by molar-refractivity contribution is 0.0949. The number of methoxy groups -OCH3 is 1. The molecule has 1 aromatic heterocycles. The topological polar surface area (TPSA) is 58.0 Å². The van der Waals surface area contributed by atoms with Crippen molar-refractivity contribution < 1.29 is 13.9 Å². The number of carbonyl (C=O) groups is 1. The van der Waals surface area contributed by atoms with E-state index in [2.05, 4.69) is 27.2 Å². The Balaban J connectivity index is 1.38. The fourth-order valence-electron chi connectivity index (χ4n) is 3.74. The number of hydrogen-bond acceptors (Lipinski definition) is 5. The van der Waals surface area contributed by atoms with Crippen molar-refractivity contribution in [2.24, 2.45) is 0 Å². The van der Waals surface area contributed by atoms with Crippen LogP contribution in [0.4, 0.5) is 5.69 Å². The average molecular weight is 386 g/mol. The van der Waals surface area contributed by atoms with Crippen LogP contribution >= 0.6 is 0 Å². The van der Waals surface area contributed by atoms with Crippen LogP contribution in [-0.2, 0) is 0 Å². The Morgan fingerprint density at radius 1 is 1.07 bits per heavy atom. The Kier molecular flexibility index (Phi) is 6.62. The molecule has 0 aliphatic carbocycles. The van der Waals surface area contributed by atoms with Crippen molar-refractivity contribution in [2.75, 3.05) is 51.3 Å². The highest BCUT2D eigenvalue weighted by Crippen LogP contribution is 2.21. The molecule has 0 bridgehead atoms. The minimum Gasteiger partial charge on any atom is -0.497 e. The van der Waals surface area contributed by atoms with Gasteiger partial charge in [0.05, 0.1) is 12.7 Å². The lowest BCUT2D eigenvalue weighted by Crippen LogP contribution is -2.47. The van der Waals surface area contributed by atoms with Crippen molar-refractivity contribution in [3.63, 3.8) is 0 Å². The second-order valence-electron chi connectivity index (χ2n) is 7.35. The zero-order valence-electron chi connectivity index (χ0n) is 17.4. The van der Waals surface area contributed by atoms with Crippen LogP contribution < -0.4 is 15.0 Å². The van der Waals surface area contributed by atoms with Gasteiger partial charge < -0.3 is 19.4 Å². The molecule has 1 fully saturated rings. The van der Waals surface area contributed by atoms with Crippen LogP contribution in [0.15, 0.2) is 28.7 Å². The van der Waals surface area contributed by atoms with E-state index >= 15 is 0 Å². The van der Waals surface area contributed by atoms with Crippen LogP contribution in [0.1, 0.15) is 33.9 Å². The molecule has 1 aliphatic rings. The minimum atomic E-state index is -0.0313. The Morgan fingerprint density at radius 2 is 1.75 bits per heavy atom. The van der Waals surface area contributed by atoms with Gasteiger partial charge in [0.25, 0.3) is 5.91 Å². The number of piperazine rings is 1. The Morgan fingerprint density at radius 3 is 2.32 bits per heavy atom. The SMILES string of the molecule is COc1ccc(N2CCN(CCCNC(=O)c3c(C)oc(C)c3C)CC2)cc1. The number of nitrogens with one attached hydrogen (secondary N) is 1. The highest BCUT2D eigenvalue weighted by molar-refractivity contribution is 5.96. The molecule has 0 saturated carbocycles. The maximum atomic E-state index is 12.4. The Labute approximate surface area is 167 Å². The fourth-order valence-corrected chi connectivity index (χ4v) is 3.74. The summed E-state index contributed by atoms with van der Waals surface area (Å²) in [5.41, 5.74) is 2.86. The molecule has 1 N–H and O–H groups in total. The number of hydrogen-bond donors (Lipinski definition) is 1. The molecule has 1 saturated heterocycles. The van der Waals surface area contributed by atoms with Gasteiger partial charge in [-0.15, -0.1) is 0 Å². The molecule has 0 spiro atoms. The first-order chi connectivity index (χ1) is 13.5. The summed E-state index contributed by atoms with van der Waals surface area (Å²) in [6, 6.07) is 8.25. The smallest absolute Gasteiger partial charge is 0.255 e. The van der Waals surface area contributed by atoms with Crippen molar-refractivity contribution in [3.05, 3.63) is 46.9 Å². The molecule has 0 radical (unpaired) electrons. The monoisotopic (exact) mass is 385 g/mol. The highest BCUT2D eigenvalue weighted by Gasteiger charge is 2.19. The van der Waals surface area contributed by atoms with E-state index in [1.54, 1.807) is 7.11 Å². The van der Waals surface area contributed by atoms with Gasteiger partial charge in [-0.3, -0.25) is 9.69 Å². The van der Waals surface area contributed by atoms with Gasteiger partial charge in [-0.25, -0.2) is 0 Å². The number of furan rings is 1. The lowest BCUT2D eigenvalue weighted by atomic mass is 10.1. The van der Waals surface area contributed by atoms with Gasteiger partial charge in [-0.1, -0.05) is 0 Å². The average Bonchev–Trinajstić information content (AvgIpc) is 2.97. The zero-order chi connectivity index (χ0) is 20.1. The van der Waals surface area contributed by atoms with Gasteiger partial charge in [0.1, 0.15) is 17.3 Å². The van der Waals surface area contributed by atoms with Crippen LogP contribution in [0.2, 0.25) is 0 Å². The molecule has 1 aromatic carbocycles. The molecular weight excluding hydrogens is 354 g/mol. The number of anilines is 1. The molecule has 3 rings (SSSR count). The molecule has 1 amide bonds. The molecule has 6 heteroatoms. The van der Waals surface area contributed by atoms with Crippen LogP contribution in [0, 0.1) is 20.8 Å². The normalized spacial score (nSPS) is 14.9. The van der Waals surface area contributed by atoms with Gasteiger partial charge in [-0.05, 0) is 58.0 Å². The predicted octanol–water partition coefficient (Wildman–Crippen LogP) is 3.16. The molecule has 28 heavy (non-hydrogen) atoms. The van der Waals surface area contributed by atoms with Gasteiger partial charge in [0.2, 0.25) is 0 Å². The summed E-state index contributed by atoms with van der Waals surface area (Å²) < 4.78 is 10.8. The Hall–Kier alpha value is -2.47. The maximum Gasteiger partial charge on any atom is 0.255 e. The van der Waals surface area contributed by atoms with Crippen molar-refractivity contribution in [1.29, 1.82) is 0 Å². The quantitative estimate of drug-likeness (QED) is 0.742. The minimum absolute atomic E-state index is 0.0313. The number of ether oxygens (including phenoxy) is 1. The Bertz CT molecular complexity index is 790. The van der Waals surface area contributed by atoms with E-state index in [9.17, 15) is 4.79 Å². The van der Waals surface area contributed by atoms with Gasteiger partial charge in [0.15, 0.2) is 0 Å². The summed E-state index contributed by atoms with van der Waals surface area (Å²) in [6.07, 6.45) is 0.948. The first-order valence-corrected chi connectivity index (χ1v) is 9.95. The maximum absolute atomic E-state index is 12.4. The standard InChI is InChI=1S/C22H31N3O3/c1-16-17(2)28-18(3)21(16)22(26)23-10-5-11-24-12-14-25(15-13-24)19-6-8-20(27-4)9-7-19/h6-9H,5,10-15H2,1-4H3,(H,23,26). The van der Waals surface area contributed by atoms with Crippen LogP contribution in [0.5, 0.6) is 5.75 Å². The van der Waals surface area contributed by atoms with E-state index in [0.29, 0.717) is 17.9 Å². The first kappa shape index (κ1) is 20.3. The number of amides is 1. The number of aryl methyl sites for hydroxylation is 2. The largest absolute Gasteiger partial charge is 0.497 e. The summed E-state index contributed by atoms with van der Waals surface area (Å²) in [7, 11) is 1.69. The van der Waals surface area contributed by atoms with E-state index in [1.165, 1.54) is 5.69 Å². The summed E-state index contributed by atoms with van der Waals surface area (Å²) in [5.74, 6) is 2.37. The number of nitrogens with zero attached hydrogens (tertiary/aromatic N) is 2. The van der Waals surface area contributed by atoms with E-state index < -0.39 is 0 Å². The summed E-state index contributed by atoms with van der Waals surface area (Å²) in [5, 5.41) is 3.03. The van der Waals surface area contributed by atoms with Crippen molar-refractivity contribution in [2.45, 2.75) is 27.2 Å². The molecule has 0 unspecified atom stereocenters. The fraction of sp³-hybridized carbons (Fsp3) is 0.500. The van der Waals surface area contributed by atoms with E-state index in [0.717, 1.165) is 56.2 Å². The van der Waals surface area contributed by atoms with Crippen molar-refractivity contribution in [3.8, 4) is 5.75 Å². The predicted molar refractivity (Wildman–Crippen MR) is 112 cm³/mol. The lowest BCUT2D eigenvalue weighted by Gasteiger charge is -2.36. The van der Waals surface area contributed by atoms with E-state index in [-0.39, 0.29) is 5.91 Å². The molecule has 152 valence electrons. The third kappa shape index (κ3) is 4.68. The highest BCUT2D eigenvalue weighted by atomic mass is 16.5. The second kappa shape index (κ2) is 9.15. The molecule has 1 aliphatic heterocycles. The van der Waals surface area contributed by atoms with Crippen molar-refractivity contribution >= 4 is 11.6 Å². The first-order valence-electron chi connectivity index (χ1n) is 9.95. The summed E-state index contributed by atoms with van der Waals surface area (Å²) in [4.78, 5) is 17.3. The van der Waals surface area contributed by atoms with Crippen LogP contribution in [0.3, 0.4) is 0 Å². The van der Waals surface area contributed by atoms with Gasteiger partial charge in [-0.2, -0.15) is 0 Å². The van der Waals surface area contributed by atoms with E-state index in [1.807, 2.05) is 32.9 Å². The van der Waals surface area contributed by atoms with Gasteiger partial charge in [0, 0.05) is 44.0 Å². The summed E-state index contributed by atoms with van der Waals surface area (Å²) in [6.45, 7) is 11.5. The molecular formula is C22H31N3O3. The van der Waals surface area contributed by atoms with E-state index in [4.69, 9.17) is 9.15 Å². The summed E-state index contributed by atoms with van der Waals surface area (Å²) >= 11 is 0. The molecule has 2 aromatic rings. The van der Waals surface area contributed by atoms with Gasteiger partial charge >= 0.3 is 0 Å². The molecule has 2 heterocycles. The third-order valence-corrected chi connectivity index (χ3v) is 5.53. The third-order valence-electron chi connectivity index (χ3n) is 5.53. The molecule has 0 atom stereocenters. The number of rotatable bonds is 7.